The lowest BCUT2D eigenvalue weighted by atomic mass is 10.1. The van der Waals surface area contributed by atoms with Gasteiger partial charge in [0, 0.05) is 22.6 Å². The molecular weight excluding hydrogens is 453 g/mol. The number of nitrogens with one attached hydrogen (secondary N) is 2. The molecule has 180 valence electrons. The zero-order chi connectivity index (χ0) is 25.0. The highest BCUT2D eigenvalue weighted by atomic mass is 19.4. The highest BCUT2D eigenvalue weighted by molar-refractivity contribution is 5.84. The maximum absolute atomic E-state index is 12.8. The molecule has 2 amide bonds. The van der Waals surface area contributed by atoms with Crippen molar-refractivity contribution in [1.82, 2.24) is 30.6 Å². The van der Waals surface area contributed by atoms with Crippen LogP contribution in [-0.4, -0.2) is 38.2 Å². The summed E-state index contributed by atoms with van der Waals surface area (Å²) in [5.74, 6) is -0.980. The lowest BCUT2D eigenvalue weighted by Gasteiger charge is -2.11. The fraction of sp³-hybridized carbons (Fsp3) is 0.318. The van der Waals surface area contributed by atoms with E-state index in [1.807, 2.05) is 19.9 Å². The van der Waals surface area contributed by atoms with Crippen LogP contribution in [0, 0.1) is 27.7 Å². The van der Waals surface area contributed by atoms with Gasteiger partial charge in [0.15, 0.2) is 6.61 Å². The van der Waals surface area contributed by atoms with Crippen molar-refractivity contribution in [3.8, 4) is 11.7 Å². The monoisotopic (exact) mass is 476 g/mol. The number of hydrogen-bond donors (Lipinski definition) is 2. The van der Waals surface area contributed by atoms with E-state index in [4.69, 9.17) is 4.74 Å². The van der Waals surface area contributed by atoms with Crippen molar-refractivity contribution in [2.45, 2.75) is 40.3 Å². The van der Waals surface area contributed by atoms with E-state index in [1.54, 1.807) is 18.5 Å². The Hall–Kier alpha value is -3.96. The van der Waals surface area contributed by atoms with E-state index in [0.717, 1.165) is 23.5 Å². The van der Waals surface area contributed by atoms with Crippen LogP contribution in [0.25, 0.3) is 5.95 Å². The van der Waals surface area contributed by atoms with Crippen LogP contribution in [0.5, 0.6) is 5.75 Å². The van der Waals surface area contributed by atoms with Gasteiger partial charge < -0.3 is 4.74 Å². The number of rotatable bonds is 6. The Morgan fingerprint density at radius 2 is 1.65 bits per heavy atom. The molecule has 0 spiro atoms. The first-order valence-corrected chi connectivity index (χ1v) is 10.2. The molecular formula is C22H23F3N6O3. The molecule has 0 aliphatic heterocycles. The molecule has 3 aromatic rings. The van der Waals surface area contributed by atoms with Crippen molar-refractivity contribution < 1.29 is 27.5 Å². The van der Waals surface area contributed by atoms with E-state index in [9.17, 15) is 22.8 Å². The Morgan fingerprint density at radius 3 is 2.29 bits per heavy atom. The molecule has 0 saturated carbocycles. The van der Waals surface area contributed by atoms with Gasteiger partial charge in [-0.3, -0.25) is 20.4 Å². The fourth-order valence-corrected chi connectivity index (χ4v) is 3.22. The van der Waals surface area contributed by atoms with Crippen molar-refractivity contribution in [1.29, 1.82) is 0 Å². The minimum Gasteiger partial charge on any atom is -0.484 e. The van der Waals surface area contributed by atoms with Crippen LogP contribution in [0.15, 0.2) is 30.3 Å². The van der Waals surface area contributed by atoms with Crippen LogP contribution < -0.4 is 15.6 Å². The summed E-state index contributed by atoms with van der Waals surface area (Å²) in [6, 6.07) is 5.98. The van der Waals surface area contributed by atoms with Crippen molar-refractivity contribution in [2.75, 3.05) is 6.61 Å². The third-order valence-electron chi connectivity index (χ3n) is 4.81. The van der Waals surface area contributed by atoms with Gasteiger partial charge >= 0.3 is 6.18 Å². The van der Waals surface area contributed by atoms with E-state index >= 15 is 0 Å². The number of aryl methyl sites for hydroxylation is 3. The van der Waals surface area contributed by atoms with Crippen LogP contribution in [0.1, 0.15) is 33.9 Å². The first-order valence-electron chi connectivity index (χ1n) is 10.2. The van der Waals surface area contributed by atoms with Crippen LogP contribution in [0.3, 0.4) is 0 Å². The number of carbonyl (C=O) groups excluding carboxylic acids is 2. The quantitative estimate of drug-likeness (QED) is 0.530. The molecule has 0 atom stereocenters. The van der Waals surface area contributed by atoms with E-state index in [1.165, 1.54) is 12.1 Å². The molecule has 0 fully saturated rings. The summed E-state index contributed by atoms with van der Waals surface area (Å²) in [5.41, 5.74) is 7.03. The number of nitrogens with zero attached hydrogens (tertiary/aromatic N) is 4. The van der Waals surface area contributed by atoms with Gasteiger partial charge in [0.05, 0.1) is 17.7 Å². The minimum atomic E-state index is -4.52. The fourth-order valence-electron chi connectivity index (χ4n) is 3.22. The van der Waals surface area contributed by atoms with Gasteiger partial charge in [-0.1, -0.05) is 6.07 Å². The molecule has 9 nitrogen and oxygen atoms in total. The highest BCUT2D eigenvalue weighted by Crippen LogP contribution is 2.31. The number of carbonyl (C=O) groups is 2. The Kier molecular flexibility index (Phi) is 7.18. The molecule has 2 N–H and O–H groups in total. The molecule has 0 radical (unpaired) electrons. The number of ether oxygens (including phenoxy) is 1. The SMILES string of the molecule is Cc1cc(C)nc(-n2nc(C)c(CC(=O)NNC(=O)COc3cccc(C(F)(F)F)c3)c2C)n1. The third-order valence-corrected chi connectivity index (χ3v) is 4.81. The van der Waals surface area contributed by atoms with Gasteiger partial charge in [-0.05, 0) is 52.0 Å². The van der Waals surface area contributed by atoms with Gasteiger partial charge in [-0.25, -0.2) is 14.6 Å². The first kappa shape index (κ1) is 24.7. The zero-order valence-corrected chi connectivity index (χ0v) is 18.9. The van der Waals surface area contributed by atoms with Crippen molar-refractivity contribution in [3.05, 3.63) is 64.2 Å². The molecule has 1 aromatic carbocycles. The van der Waals surface area contributed by atoms with E-state index in [0.29, 0.717) is 22.9 Å². The van der Waals surface area contributed by atoms with Gasteiger partial charge in [0.2, 0.25) is 5.91 Å². The molecule has 0 saturated heterocycles. The van der Waals surface area contributed by atoms with Crippen molar-refractivity contribution in [2.24, 2.45) is 0 Å². The predicted molar refractivity (Wildman–Crippen MR) is 115 cm³/mol. The lowest BCUT2D eigenvalue weighted by molar-refractivity contribution is -0.137. The van der Waals surface area contributed by atoms with Gasteiger partial charge in [-0.2, -0.15) is 18.3 Å². The van der Waals surface area contributed by atoms with Crippen molar-refractivity contribution in [3.63, 3.8) is 0 Å². The molecule has 2 heterocycles. The van der Waals surface area contributed by atoms with Crippen LogP contribution in [-0.2, 0) is 22.2 Å². The van der Waals surface area contributed by atoms with Gasteiger partial charge in [-0.15, -0.1) is 0 Å². The number of hydrazine groups is 1. The Bertz CT molecular complexity index is 1200. The molecule has 12 heteroatoms. The molecule has 0 aliphatic rings. The van der Waals surface area contributed by atoms with E-state index < -0.39 is 30.2 Å². The summed E-state index contributed by atoms with van der Waals surface area (Å²) in [7, 11) is 0. The third kappa shape index (κ3) is 6.09. The number of hydrogen-bond acceptors (Lipinski definition) is 6. The summed E-state index contributed by atoms with van der Waals surface area (Å²) in [4.78, 5) is 33.0. The minimum absolute atomic E-state index is 0.0722. The average molecular weight is 476 g/mol. The molecule has 2 aromatic heterocycles. The Balaban J connectivity index is 1.56. The van der Waals surface area contributed by atoms with Crippen LogP contribution >= 0.6 is 0 Å². The Labute approximate surface area is 193 Å². The summed E-state index contributed by atoms with van der Waals surface area (Å²) < 4.78 is 44.9. The standard InChI is InChI=1S/C22H23F3N6O3/c1-12-8-13(2)27-21(26-12)31-15(4)18(14(3)30-31)10-19(32)28-29-20(33)11-34-17-7-5-6-16(9-17)22(23,24)25/h5-9H,10-11H2,1-4H3,(H,28,32)(H,29,33). The van der Waals surface area contributed by atoms with E-state index in [2.05, 4.69) is 25.9 Å². The summed E-state index contributed by atoms with van der Waals surface area (Å²) in [6.07, 6.45) is -4.60. The van der Waals surface area contributed by atoms with Crippen LogP contribution in [0.2, 0.25) is 0 Å². The Morgan fingerprint density at radius 1 is 1.00 bits per heavy atom. The average Bonchev–Trinajstić information content (AvgIpc) is 3.03. The molecule has 34 heavy (non-hydrogen) atoms. The maximum atomic E-state index is 12.8. The topological polar surface area (TPSA) is 111 Å². The predicted octanol–water partition coefficient (Wildman–Crippen LogP) is 2.68. The normalized spacial score (nSPS) is 11.3. The number of halogens is 3. The number of alkyl halides is 3. The highest BCUT2D eigenvalue weighted by Gasteiger charge is 2.30. The smallest absolute Gasteiger partial charge is 0.416 e. The first-order chi connectivity index (χ1) is 15.9. The van der Waals surface area contributed by atoms with Crippen molar-refractivity contribution >= 4 is 11.8 Å². The lowest BCUT2D eigenvalue weighted by Crippen LogP contribution is -2.44. The second kappa shape index (κ2) is 9.89. The molecule has 0 bridgehead atoms. The number of amides is 2. The summed E-state index contributed by atoms with van der Waals surface area (Å²) >= 11 is 0. The number of aromatic nitrogens is 4. The summed E-state index contributed by atoms with van der Waals surface area (Å²) in [5, 5.41) is 4.42. The second-order valence-electron chi connectivity index (χ2n) is 7.60. The number of benzene rings is 1. The molecule has 0 unspecified atom stereocenters. The maximum Gasteiger partial charge on any atom is 0.416 e. The van der Waals surface area contributed by atoms with E-state index in [-0.39, 0.29) is 12.2 Å². The van der Waals surface area contributed by atoms with Crippen LogP contribution in [0.4, 0.5) is 13.2 Å². The second-order valence-corrected chi connectivity index (χ2v) is 7.60. The zero-order valence-electron chi connectivity index (χ0n) is 18.9. The molecule has 3 rings (SSSR count). The van der Waals surface area contributed by atoms with Gasteiger partial charge in [0.1, 0.15) is 5.75 Å². The largest absolute Gasteiger partial charge is 0.484 e. The molecule has 0 aliphatic carbocycles. The summed E-state index contributed by atoms with van der Waals surface area (Å²) in [6.45, 7) is 6.64. The van der Waals surface area contributed by atoms with Gasteiger partial charge in [0.25, 0.3) is 11.9 Å².